The van der Waals surface area contributed by atoms with Gasteiger partial charge in [0.1, 0.15) is 19.0 Å². The van der Waals surface area contributed by atoms with Crippen molar-refractivity contribution in [3.05, 3.63) is 70.1 Å². The number of ether oxygens (including phenoxy) is 1. The molecule has 1 aliphatic carbocycles. The second-order valence-electron chi connectivity index (χ2n) is 7.33. The predicted octanol–water partition coefficient (Wildman–Crippen LogP) is 4.30. The van der Waals surface area contributed by atoms with Gasteiger partial charge in [0.2, 0.25) is 0 Å². The minimum absolute atomic E-state index is 0.170. The zero-order valence-electron chi connectivity index (χ0n) is 16.0. The number of fused-ring (bicyclic) bond motifs is 3. The number of alkyl carbamates (subject to hydrolysis) is 1. The number of carboxylic acids is 1. The molecule has 1 heterocycles. The number of aliphatic carboxylic acids is 1. The van der Waals surface area contributed by atoms with Gasteiger partial charge in [0.25, 0.3) is 0 Å². The van der Waals surface area contributed by atoms with Crippen molar-refractivity contribution in [1.82, 2.24) is 9.88 Å². The van der Waals surface area contributed by atoms with Crippen LogP contribution in [0.25, 0.3) is 10.9 Å². The summed E-state index contributed by atoms with van der Waals surface area (Å²) in [4.78, 5) is 23.6. The van der Waals surface area contributed by atoms with Crippen LogP contribution < -0.4 is 5.32 Å². The molecular formula is C22H20ClFN2O4. The maximum absolute atomic E-state index is 14.0. The van der Waals surface area contributed by atoms with Crippen molar-refractivity contribution in [1.29, 1.82) is 0 Å². The smallest absolute Gasteiger partial charge is 0.407 e. The molecular weight excluding hydrogens is 411 g/mol. The Morgan fingerprint density at radius 2 is 2.03 bits per heavy atom. The topological polar surface area (TPSA) is 80.6 Å². The summed E-state index contributed by atoms with van der Waals surface area (Å²) in [5.41, 5.74) is 3.03. The number of nitrogens with zero attached hydrogens (tertiary/aromatic N) is 1. The van der Waals surface area contributed by atoms with Crippen LogP contribution in [-0.4, -0.2) is 27.8 Å². The van der Waals surface area contributed by atoms with E-state index in [0.29, 0.717) is 30.2 Å². The van der Waals surface area contributed by atoms with Crippen LogP contribution >= 0.6 is 11.6 Å². The van der Waals surface area contributed by atoms with Crippen LogP contribution in [0, 0.1) is 5.82 Å². The van der Waals surface area contributed by atoms with Gasteiger partial charge >= 0.3 is 12.1 Å². The number of carboxylic acid groups (broad SMARTS) is 1. The predicted molar refractivity (Wildman–Crippen MR) is 110 cm³/mol. The highest BCUT2D eigenvalue weighted by atomic mass is 35.5. The number of halogens is 2. The first-order valence-electron chi connectivity index (χ1n) is 9.60. The fourth-order valence-corrected chi connectivity index (χ4v) is 4.37. The first-order chi connectivity index (χ1) is 14.4. The Morgan fingerprint density at radius 3 is 2.77 bits per heavy atom. The van der Waals surface area contributed by atoms with E-state index in [-0.39, 0.29) is 24.2 Å². The molecule has 1 atom stereocenters. The fourth-order valence-electron chi connectivity index (χ4n) is 4.06. The number of carbonyl (C=O) groups is 2. The van der Waals surface area contributed by atoms with Crippen LogP contribution in [0.2, 0.25) is 5.02 Å². The zero-order chi connectivity index (χ0) is 21.3. The van der Waals surface area contributed by atoms with E-state index in [0.717, 1.165) is 16.8 Å². The number of rotatable bonds is 5. The first kappa shape index (κ1) is 20.2. The van der Waals surface area contributed by atoms with Crippen LogP contribution in [0.3, 0.4) is 0 Å². The van der Waals surface area contributed by atoms with Crippen LogP contribution in [0.15, 0.2) is 42.5 Å². The SMILES string of the molecule is O=C(O)Cn1c2c(c3cc(F)cc(Cl)c31)CC(NC(=O)OCc1ccccc1)CC2. The number of hydrogen-bond acceptors (Lipinski definition) is 3. The maximum atomic E-state index is 14.0. The Labute approximate surface area is 177 Å². The van der Waals surface area contributed by atoms with Gasteiger partial charge in [-0.25, -0.2) is 9.18 Å². The average molecular weight is 431 g/mol. The molecule has 1 amide bonds. The monoisotopic (exact) mass is 430 g/mol. The van der Waals surface area contributed by atoms with Crippen molar-refractivity contribution in [2.45, 2.75) is 38.5 Å². The number of amides is 1. The van der Waals surface area contributed by atoms with E-state index in [1.165, 1.54) is 12.1 Å². The van der Waals surface area contributed by atoms with Gasteiger partial charge in [-0.2, -0.15) is 0 Å². The third kappa shape index (κ3) is 4.11. The number of aromatic nitrogens is 1. The van der Waals surface area contributed by atoms with Crippen LogP contribution in [0.5, 0.6) is 0 Å². The van der Waals surface area contributed by atoms with Crippen molar-refractivity contribution in [2.75, 3.05) is 0 Å². The third-order valence-corrected chi connectivity index (χ3v) is 5.59. The first-order valence-corrected chi connectivity index (χ1v) is 9.98. The number of hydrogen-bond donors (Lipinski definition) is 2. The highest BCUT2D eigenvalue weighted by Gasteiger charge is 2.28. The van der Waals surface area contributed by atoms with Gasteiger partial charge < -0.3 is 19.7 Å². The molecule has 0 spiro atoms. The lowest BCUT2D eigenvalue weighted by atomic mass is 9.91. The van der Waals surface area contributed by atoms with Gasteiger partial charge in [0.15, 0.2) is 0 Å². The molecule has 0 saturated carbocycles. The molecule has 30 heavy (non-hydrogen) atoms. The van der Waals surface area contributed by atoms with Gasteiger partial charge in [-0.1, -0.05) is 41.9 Å². The Balaban J connectivity index is 1.54. The lowest BCUT2D eigenvalue weighted by molar-refractivity contribution is -0.137. The summed E-state index contributed by atoms with van der Waals surface area (Å²) in [5, 5.41) is 12.9. The standard InChI is InChI=1S/C22H20ClFN2O4/c23-18-9-14(24)8-17-16-10-15(6-7-19(16)26(21(17)18)11-20(27)28)25-22(29)30-12-13-4-2-1-3-5-13/h1-5,8-9,15H,6-7,10-12H2,(H,25,29)(H,27,28). The number of benzene rings is 2. The average Bonchev–Trinajstić information content (AvgIpc) is 3.00. The maximum Gasteiger partial charge on any atom is 0.407 e. The Bertz CT molecular complexity index is 1110. The van der Waals surface area contributed by atoms with Crippen LogP contribution in [0.4, 0.5) is 9.18 Å². The van der Waals surface area contributed by atoms with Crippen molar-refractivity contribution in [3.63, 3.8) is 0 Å². The number of nitrogens with one attached hydrogen (secondary N) is 1. The van der Waals surface area contributed by atoms with E-state index in [1.54, 1.807) is 4.57 Å². The highest BCUT2D eigenvalue weighted by Crippen LogP contribution is 2.36. The molecule has 1 unspecified atom stereocenters. The quantitative estimate of drug-likeness (QED) is 0.632. The van der Waals surface area contributed by atoms with E-state index in [2.05, 4.69) is 5.32 Å². The summed E-state index contributed by atoms with van der Waals surface area (Å²) in [5.74, 6) is -1.49. The van der Waals surface area contributed by atoms with Gasteiger partial charge in [0.05, 0.1) is 10.5 Å². The molecule has 0 bridgehead atoms. The van der Waals surface area contributed by atoms with E-state index in [4.69, 9.17) is 16.3 Å². The molecule has 3 aromatic rings. The largest absolute Gasteiger partial charge is 0.480 e. The Hall–Kier alpha value is -3.06. The summed E-state index contributed by atoms with van der Waals surface area (Å²) in [7, 11) is 0. The van der Waals surface area contributed by atoms with Crippen molar-refractivity contribution in [2.24, 2.45) is 0 Å². The van der Waals surface area contributed by atoms with Crippen LogP contribution in [0.1, 0.15) is 23.2 Å². The molecule has 0 radical (unpaired) electrons. The van der Waals surface area contributed by atoms with Gasteiger partial charge in [-0.15, -0.1) is 0 Å². The molecule has 6 nitrogen and oxygen atoms in total. The molecule has 8 heteroatoms. The van der Waals surface area contributed by atoms with Crippen molar-refractivity contribution >= 4 is 34.6 Å². The molecule has 4 rings (SSSR count). The van der Waals surface area contributed by atoms with E-state index in [9.17, 15) is 19.1 Å². The third-order valence-electron chi connectivity index (χ3n) is 5.31. The Morgan fingerprint density at radius 1 is 1.27 bits per heavy atom. The minimum Gasteiger partial charge on any atom is -0.480 e. The fraction of sp³-hybridized carbons (Fsp3) is 0.273. The van der Waals surface area contributed by atoms with Crippen LogP contribution in [-0.2, 0) is 35.5 Å². The lowest BCUT2D eigenvalue weighted by Crippen LogP contribution is -2.39. The van der Waals surface area contributed by atoms with Gasteiger partial charge in [-0.05, 0) is 42.5 Å². The highest BCUT2D eigenvalue weighted by molar-refractivity contribution is 6.35. The van der Waals surface area contributed by atoms with Gasteiger partial charge in [0, 0.05) is 17.1 Å². The zero-order valence-corrected chi connectivity index (χ0v) is 16.8. The summed E-state index contributed by atoms with van der Waals surface area (Å²) in [6.07, 6.45) is 1.08. The van der Waals surface area contributed by atoms with Crippen molar-refractivity contribution < 1.29 is 23.8 Å². The number of carbonyl (C=O) groups excluding carboxylic acids is 1. The molecule has 156 valence electrons. The van der Waals surface area contributed by atoms with E-state index in [1.807, 2.05) is 30.3 Å². The summed E-state index contributed by atoms with van der Waals surface area (Å²) < 4.78 is 20.9. The molecule has 0 fully saturated rings. The molecule has 2 N–H and O–H groups in total. The van der Waals surface area contributed by atoms with Crippen molar-refractivity contribution in [3.8, 4) is 0 Å². The molecule has 0 aliphatic heterocycles. The summed E-state index contributed by atoms with van der Waals surface area (Å²) in [6.45, 7) is -0.0855. The molecule has 0 saturated heterocycles. The lowest BCUT2D eigenvalue weighted by Gasteiger charge is -2.24. The Kier molecular flexibility index (Phi) is 5.63. The van der Waals surface area contributed by atoms with E-state index < -0.39 is 17.9 Å². The molecule has 2 aromatic carbocycles. The molecule has 1 aliphatic rings. The summed E-state index contributed by atoms with van der Waals surface area (Å²) >= 11 is 6.25. The second kappa shape index (κ2) is 8.36. The molecule has 1 aromatic heterocycles. The van der Waals surface area contributed by atoms with Gasteiger partial charge in [-0.3, -0.25) is 4.79 Å². The minimum atomic E-state index is -1.00. The second-order valence-corrected chi connectivity index (χ2v) is 7.74. The summed E-state index contributed by atoms with van der Waals surface area (Å²) in [6, 6.07) is 11.7. The normalized spacial score (nSPS) is 15.6. The van der Waals surface area contributed by atoms with E-state index >= 15 is 0 Å².